The van der Waals surface area contributed by atoms with Crippen LogP contribution in [-0.2, 0) is 9.59 Å². The number of carbonyl (C=O) groups is 2. The number of hydrogen-bond acceptors (Lipinski definition) is 4. The van der Waals surface area contributed by atoms with E-state index in [1.165, 1.54) is 22.1 Å². The lowest BCUT2D eigenvalue weighted by molar-refractivity contribution is -0.133. The van der Waals surface area contributed by atoms with Gasteiger partial charge < -0.3 is 9.32 Å². The molecule has 112 valence electrons. The minimum Gasteiger partial charge on any atom is -0.420 e. The quantitative estimate of drug-likeness (QED) is 0.809. The SMILES string of the molecule is C=CC(=O)N1CCN(c2cnc(-c3ccccc3)o2)C(=O)C1. The largest absolute Gasteiger partial charge is 0.420 e. The molecule has 1 aromatic heterocycles. The summed E-state index contributed by atoms with van der Waals surface area (Å²) in [5.41, 5.74) is 0.849. The molecule has 0 aliphatic carbocycles. The third-order valence-electron chi connectivity index (χ3n) is 3.49. The summed E-state index contributed by atoms with van der Waals surface area (Å²) in [5.74, 6) is 0.426. The number of hydrogen-bond donors (Lipinski definition) is 0. The molecule has 1 aromatic carbocycles. The average molecular weight is 297 g/mol. The number of carbonyl (C=O) groups excluding carboxylic acids is 2. The van der Waals surface area contributed by atoms with Crippen molar-refractivity contribution in [3.8, 4) is 11.5 Å². The van der Waals surface area contributed by atoms with Gasteiger partial charge in [0.2, 0.25) is 23.6 Å². The molecule has 0 spiro atoms. The van der Waals surface area contributed by atoms with E-state index >= 15 is 0 Å². The van der Waals surface area contributed by atoms with Crippen LogP contribution in [0.2, 0.25) is 0 Å². The normalized spacial score (nSPS) is 15.0. The highest BCUT2D eigenvalue weighted by molar-refractivity contribution is 5.98. The molecule has 22 heavy (non-hydrogen) atoms. The third-order valence-corrected chi connectivity index (χ3v) is 3.49. The van der Waals surface area contributed by atoms with Gasteiger partial charge in [-0.3, -0.25) is 14.5 Å². The summed E-state index contributed by atoms with van der Waals surface area (Å²) in [7, 11) is 0. The molecule has 1 aliphatic rings. The van der Waals surface area contributed by atoms with Gasteiger partial charge in [-0.2, -0.15) is 0 Å². The molecule has 0 bridgehead atoms. The number of amides is 2. The molecular formula is C16H15N3O3. The zero-order chi connectivity index (χ0) is 15.5. The molecule has 1 fully saturated rings. The first kappa shape index (κ1) is 14.1. The Labute approximate surface area is 127 Å². The Balaban J connectivity index is 1.76. The smallest absolute Gasteiger partial charge is 0.249 e. The molecule has 0 radical (unpaired) electrons. The maximum atomic E-state index is 12.2. The zero-order valence-corrected chi connectivity index (χ0v) is 11.9. The van der Waals surface area contributed by atoms with E-state index in [0.717, 1.165) is 5.56 Å². The molecule has 2 amide bonds. The standard InChI is InChI=1S/C16H15N3O3/c1-2-13(20)18-8-9-19(14(21)11-18)15-10-17-16(22-15)12-6-4-3-5-7-12/h2-7,10H,1,8-9,11H2. The highest BCUT2D eigenvalue weighted by atomic mass is 16.4. The molecule has 0 saturated carbocycles. The summed E-state index contributed by atoms with van der Waals surface area (Å²) < 4.78 is 5.67. The molecule has 0 N–H and O–H groups in total. The summed E-state index contributed by atoms with van der Waals surface area (Å²) >= 11 is 0. The Hall–Kier alpha value is -2.89. The first-order valence-corrected chi connectivity index (χ1v) is 6.92. The Kier molecular flexibility index (Phi) is 3.74. The van der Waals surface area contributed by atoms with Crippen molar-refractivity contribution in [3.05, 3.63) is 49.2 Å². The molecule has 0 atom stereocenters. The molecule has 2 aromatic rings. The summed E-state index contributed by atoms with van der Waals surface area (Å²) in [6.45, 7) is 4.27. The third kappa shape index (κ3) is 2.63. The van der Waals surface area contributed by atoms with Crippen LogP contribution < -0.4 is 4.90 Å². The van der Waals surface area contributed by atoms with E-state index in [4.69, 9.17) is 4.42 Å². The monoisotopic (exact) mass is 297 g/mol. The second-order valence-electron chi connectivity index (χ2n) is 4.88. The van der Waals surface area contributed by atoms with Crippen molar-refractivity contribution in [2.45, 2.75) is 0 Å². The van der Waals surface area contributed by atoms with Crippen molar-refractivity contribution in [2.75, 3.05) is 24.5 Å². The molecule has 1 saturated heterocycles. The Morgan fingerprint density at radius 1 is 1.27 bits per heavy atom. The van der Waals surface area contributed by atoms with E-state index in [1.54, 1.807) is 0 Å². The van der Waals surface area contributed by atoms with Crippen LogP contribution in [0.5, 0.6) is 0 Å². The van der Waals surface area contributed by atoms with E-state index in [1.807, 2.05) is 30.3 Å². The van der Waals surface area contributed by atoms with E-state index in [0.29, 0.717) is 24.9 Å². The minimum absolute atomic E-state index is 0.0201. The molecular weight excluding hydrogens is 282 g/mol. The van der Waals surface area contributed by atoms with Crippen molar-refractivity contribution in [2.24, 2.45) is 0 Å². The minimum atomic E-state index is -0.240. The van der Waals surface area contributed by atoms with Gasteiger partial charge in [-0.1, -0.05) is 24.8 Å². The van der Waals surface area contributed by atoms with Crippen LogP contribution in [0.4, 0.5) is 5.88 Å². The highest BCUT2D eigenvalue weighted by Crippen LogP contribution is 2.25. The van der Waals surface area contributed by atoms with Crippen LogP contribution in [0.25, 0.3) is 11.5 Å². The van der Waals surface area contributed by atoms with Gasteiger partial charge in [-0.05, 0) is 18.2 Å². The predicted octanol–water partition coefficient (Wildman–Crippen LogP) is 1.70. The highest BCUT2D eigenvalue weighted by Gasteiger charge is 2.29. The van der Waals surface area contributed by atoms with E-state index in [9.17, 15) is 9.59 Å². The average Bonchev–Trinajstić information content (AvgIpc) is 3.04. The Bertz CT molecular complexity index is 708. The van der Waals surface area contributed by atoms with Gasteiger partial charge in [-0.15, -0.1) is 0 Å². The number of piperazine rings is 1. The number of nitrogens with zero attached hydrogens (tertiary/aromatic N) is 3. The summed E-state index contributed by atoms with van der Waals surface area (Å²) in [6, 6.07) is 9.47. The molecule has 6 heteroatoms. The molecule has 1 aliphatic heterocycles. The molecule has 0 unspecified atom stereocenters. The number of benzene rings is 1. The fraction of sp³-hybridized carbons (Fsp3) is 0.188. The van der Waals surface area contributed by atoms with Crippen LogP contribution in [0.3, 0.4) is 0 Å². The number of anilines is 1. The zero-order valence-electron chi connectivity index (χ0n) is 11.9. The van der Waals surface area contributed by atoms with Gasteiger partial charge in [0, 0.05) is 18.7 Å². The molecule has 3 rings (SSSR count). The molecule has 6 nitrogen and oxygen atoms in total. The van der Waals surface area contributed by atoms with Crippen molar-refractivity contribution < 1.29 is 14.0 Å². The van der Waals surface area contributed by atoms with Crippen LogP contribution in [0, 0.1) is 0 Å². The van der Waals surface area contributed by atoms with Gasteiger partial charge in [0.15, 0.2) is 0 Å². The van der Waals surface area contributed by atoms with Gasteiger partial charge in [-0.25, -0.2) is 4.98 Å². The first-order valence-electron chi connectivity index (χ1n) is 6.92. The van der Waals surface area contributed by atoms with Gasteiger partial charge in [0.1, 0.15) is 6.54 Å². The van der Waals surface area contributed by atoms with Crippen LogP contribution in [0.15, 0.2) is 53.6 Å². The van der Waals surface area contributed by atoms with Crippen LogP contribution in [-0.4, -0.2) is 41.3 Å². The second-order valence-corrected chi connectivity index (χ2v) is 4.88. The fourth-order valence-electron chi connectivity index (χ4n) is 2.33. The van der Waals surface area contributed by atoms with Gasteiger partial charge >= 0.3 is 0 Å². The number of oxazole rings is 1. The predicted molar refractivity (Wildman–Crippen MR) is 81.1 cm³/mol. The van der Waals surface area contributed by atoms with Crippen LogP contribution in [0.1, 0.15) is 0 Å². The molecule has 2 heterocycles. The lowest BCUT2D eigenvalue weighted by atomic mass is 10.2. The summed E-state index contributed by atoms with van der Waals surface area (Å²) in [4.78, 5) is 30.9. The Morgan fingerprint density at radius 2 is 2.05 bits per heavy atom. The topological polar surface area (TPSA) is 66.7 Å². The number of aromatic nitrogens is 1. The maximum Gasteiger partial charge on any atom is 0.249 e. The Morgan fingerprint density at radius 3 is 2.73 bits per heavy atom. The lowest BCUT2D eigenvalue weighted by Crippen LogP contribution is -2.52. The summed E-state index contributed by atoms with van der Waals surface area (Å²) in [5, 5.41) is 0. The lowest BCUT2D eigenvalue weighted by Gasteiger charge is -2.31. The maximum absolute atomic E-state index is 12.2. The summed E-state index contributed by atoms with van der Waals surface area (Å²) in [6.07, 6.45) is 2.75. The van der Waals surface area contributed by atoms with Crippen LogP contribution >= 0.6 is 0 Å². The van der Waals surface area contributed by atoms with Gasteiger partial charge in [0.05, 0.1) is 6.20 Å². The van der Waals surface area contributed by atoms with Crippen molar-refractivity contribution >= 4 is 17.7 Å². The van der Waals surface area contributed by atoms with E-state index < -0.39 is 0 Å². The van der Waals surface area contributed by atoms with Crippen molar-refractivity contribution in [1.82, 2.24) is 9.88 Å². The van der Waals surface area contributed by atoms with Crippen molar-refractivity contribution in [3.63, 3.8) is 0 Å². The van der Waals surface area contributed by atoms with E-state index in [-0.39, 0.29) is 18.4 Å². The van der Waals surface area contributed by atoms with E-state index in [2.05, 4.69) is 11.6 Å². The number of rotatable bonds is 3. The fourth-order valence-corrected chi connectivity index (χ4v) is 2.33. The van der Waals surface area contributed by atoms with Gasteiger partial charge in [0.25, 0.3) is 0 Å². The first-order chi connectivity index (χ1) is 10.7. The second kappa shape index (κ2) is 5.85. The van der Waals surface area contributed by atoms with Crippen molar-refractivity contribution in [1.29, 1.82) is 0 Å².